The van der Waals surface area contributed by atoms with E-state index in [9.17, 15) is 5.26 Å². The van der Waals surface area contributed by atoms with E-state index in [0.717, 1.165) is 58.5 Å². The first kappa shape index (κ1) is 12.8. The minimum Gasteiger partial charge on any atom is -0.306 e. The number of piperazine rings is 1. The summed E-state index contributed by atoms with van der Waals surface area (Å²) >= 11 is 0. The second-order valence-corrected chi connectivity index (χ2v) is 5.59. The van der Waals surface area contributed by atoms with E-state index in [0.29, 0.717) is 0 Å². The zero-order valence-corrected chi connectivity index (χ0v) is 11.2. The van der Waals surface area contributed by atoms with E-state index in [1.54, 1.807) is 0 Å². The van der Waals surface area contributed by atoms with Gasteiger partial charge in [-0.3, -0.25) is 4.90 Å². The summed E-state index contributed by atoms with van der Waals surface area (Å²) in [6.45, 7) is 6.48. The SMILES string of the molecule is CN1CCN(C2(C#N)CCCN(C)CC2)CC1. The maximum Gasteiger partial charge on any atom is 0.110 e. The molecule has 4 heteroatoms. The molecule has 0 saturated carbocycles. The third-order valence-electron chi connectivity index (χ3n) is 4.35. The van der Waals surface area contributed by atoms with Crippen molar-refractivity contribution in [1.29, 1.82) is 5.26 Å². The number of nitriles is 1. The largest absolute Gasteiger partial charge is 0.306 e. The molecule has 2 rings (SSSR count). The van der Waals surface area contributed by atoms with Gasteiger partial charge in [0.15, 0.2) is 0 Å². The molecule has 0 aromatic heterocycles. The van der Waals surface area contributed by atoms with Gasteiger partial charge in [-0.15, -0.1) is 0 Å². The van der Waals surface area contributed by atoms with Crippen LogP contribution in [0.25, 0.3) is 0 Å². The fourth-order valence-corrected chi connectivity index (χ4v) is 2.99. The summed E-state index contributed by atoms with van der Waals surface area (Å²) < 4.78 is 0. The molecule has 17 heavy (non-hydrogen) atoms. The van der Waals surface area contributed by atoms with Gasteiger partial charge in [0.1, 0.15) is 5.54 Å². The predicted molar refractivity (Wildman–Crippen MR) is 68.8 cm³/mol. The maximum absolute atomic E-state index is 9.65. The van der Waals surface area contributed by atoms with E-state index in [4.69, 9.17) is 0 Å². The molecule has 1 atom stereocenters. The minimum atomic E-state index is -0.188. The average molecular weight is 236 g/mol. The molecule has 0 amide bonds. The van der Waals surface area contributed by atoms with Gasteiger partial charge >= 0.3 is 0 Å². The zero-order chi connectivity index (χ0) is 12.3. The highest BCUT2D eigenvalue weighted by Gasteiger charge is 2.39. The Morgan fingerprint density at radius 3 is 2.18 bits per heavy atom. The van der Waals surface area contributed by atoms with Crippen molar-refractivity contribution < 1.29 is 0 Å². The Hall–Kier alpha value is -0.630. The standard InChI is InChI=1S/C13H24N4/c1-15-6-3-4-13(12-14,5-7-15)17-10-8-16(2)9-11-17/h3-11H2,1-2H3. The van der Waals surface area contributed by atoms with Crippen molar-refractivity contribution in [3.05, 3.63) is 0 Å². The van der Waals surface area contributed by atoms with Gasteiger partial charge < -0.3 is 9.80 Å². The Balaban J connectivity index is 2.05. The van der Waals surface area contributed by atoms with Crippen LogP contribution in [-0.4, -0.2) is 73.6 Å². The van der Waals surface area contributed by atoms with Crippen molar-refractivity contribution in [3.63, 3.8) is 0 Å². The van der Waals surface area contributed by atoms with Crippen molar-refractivity contribution in [2.75, 3.05) is 53.4 Å². The highest BCUT2D eigenvalue weighted by molar-refractivity contribution is 5.10. The van der Waals surface area contributed by atoms with Gasteiger partial charge in [-0.1, -0.05) is 0 Å². The summed E-state index contributed by atoms with van der Waals surface area (Å²) in [5.74, 6) is 0. The molecule has 0 bridgehead atoms. The van der Waals surface area contributed by atoms with Crippen molar-refractivity contribution >= 4 is 0 Å². The summed E-state index contributed by atoms with van der Waals surface area (Å²) in [7, 11) is 4.33. The maximum atomic E-state index is 9.65. The highest BCUT2D eigenvalue weighted by Crippen LogP contribution is 2.29. The third kappa shape index (κ3) is 2.79. The Morgan fingerprint density at radius 2 is 1.53 bits per heavy atom. The van der Waals surface area contributed by atoms with Crippen molar-refractivity contribution in [1.82, 2.24) is 14.7 Å². The first-order valence-electron chi connectivity index (χ1n) is 6.70. The number of hydrogen-bond donors (Lipinski definition) is 0. The molecule has 2 aliphatic heterocycles. The quantitative estimate of drug-likeness (QED) is 0.668. The Kier molecular flexibility index (Phi) is 4.03. The van der Waals surface area contributed by atoms with E-state index >= 15 is 0 Å². The van der Waals surface area contributed by atoms with Crippen LogP contribution >= 0.6 is 0 Å². The van der Waals surface area contributed by atoms with Crippen molar-refractivity contribution in [2.45, 2.75) is 24.8 Å². The van der Waals surface area contributed by atoms with Gasteiger partial charge in [0.05, 0.1) is 6.07 Å². The molecule has 0 aromatic carbocycles. The molecule has 2 aliphatic rings. The van der Waals surface area contributed by atoms with Gasteiger partial charge in [-0.25, -0.2) is 0 Å². The summed E-state index contributed by atoms with van der Waals surface area (Å²) in [5.41, 5.74) is -0.188. The molecular weight excluding hydrogens is 212 g/mol. The van der Waals surface area contributed by atoms with Crippen LogP contribution in [-0.2, 0) is 0 Å². The van der Waals surface area contributed by atoms with E-state index in [-0.39, 0.29) is 5.54 Å². The van der Waals surface area contributed by atoms with Crippen LogP contribution in [0.5, 0.6) is 0 Å². The normalized spacial score (nSPS) is 34.2. The second kappa shape index (κ2) is 5.34. The molecule has 96 valence electrons. The van der Waals surface area contributed by atoms with Crippen LogP contribution in [0.2, 0.25) is 0 Å². The predicted octanol–water partition coefficient (Wildman–Crippen LogP) is 0.612. The van der Waals surface area contributed by atoms with Gasteiger partial charge in [0, 0.05) is 32.7 Å². The molecule has 4 nitrogen and oxygen atoms in total. The number of rotatable bonds is 1. The number of nitrogens with zero attached hydrogens (tertiary/aromatic N) is 4. The lowest BCUT2D eigenvalue weighted by Crippen LogP contribution is -2.56. The topological polar surface area (TPSA) is 33.5 Å². The van der Waals surface area contributed by atoms with Crippen molar-refractivity contribution in [2.24, 2.45) is 0 Å². The molecule has 2 saturated heterocycles. The zero-order valence-electron chi connectivity index (χ0n) is 11.2. The van der Waals surface area contributed by atoms with E-state index in [1.807, 2.05) is 0 Å². The van der Waals surface area contributed by atoms with Crippen LogP contribution in [0.3, 0.4) is 0 Å². The highest BCUT2D eigenvalue weighted by atomic mass is 15.3. The van der Waals surface area contributed by atoms with E-state index < -0.39 is 0 Å². The van der Waals surface area contributed by atoms with Crippen LogP contribution in [0, 0.1) is 11.3 Å². The fraction of sp³-hybridized carbons (Fsp3) is 0.923. The Labute approximate surface area is 105 Å². The van der Waals surface area contributed by atoms with Crippen LogP contribution < -0.4 is 0 Å². The van der Waals surface area contributed by atoms with Gasteiger partial charge in [-0.05, 0) is 39.9 Å². The van der Waals surface area contributed by atoms with Crippen LogP contribution in [0.1, 0.15) is 19.3 Å². The number of likely N-dealkylation sites (tertiary alicyclic amines) is 1. The minimum absolute atomic E-state index is 0.188. The third-order valence-corrected chi connectivity index (χ3v) is 4.35. The molecule has 1 unspecified atom stereocenters. The van der Waals surface area contributed by atoms with E-state index in [2.05, 4.69) is 34.9 Å². The van der Waals surface area contributed by atoms with Crippen molar-refractivity contribution in [3.8, 4) is 6.07 Å². The molecule has 0 aromatic rings. The molecular formula is C13H24N4. The molecule has 0 spiro atoms. The number of hydrogen-bond acceptors (Lipinski definition) is 4. The Bertz CT molecular complexity index is 290. The second-order valence-electron chi connectivity index (χ2n) is 5.59. The lowest BCUT2D eigenvalue weighted by atomic mass is 9.89. The Morgan fingerprint density at radius 1 is 0.882 bits per heavy atom. The molecule has 2 heterocycles. The van der Waals surface area contributed by atoms with Gasteiger partial charge in [0.25, 0.3) is 0 Å². The lowest BCUT2D eigenvalue weighted by molar-refractivity contribution is 0.0643. The summed E-state index contributed by atoms with van der Waals surface area (Å²) in [6.07, 6.45) is 3.19. The summed E-state index contributed by atoms with van der Waals surface area (Å²) in [5, 5.41) is 9.65. The van der Waals surface area contributed by atoms with Crippen LogP contribution in [0.15, 0.2) is 0 Å². The monoisotopic (exact) mass is 236 g/mol. The fourth-order valence-electron chi connectivity index (χ4n) is 2.99. The van der Waals surface area contributed by atoms with Crippen LogP contribution in [0.4, 0.5) is 0 Å². The van der Waals surface area contributed by atoms with Gasteiger partial charge in [-0.2, -0.15) is 5.26 Å². The molecule has 0 aliphatic carbocycles. The smallest absolute Gasteiger partial charge is 0.110 e. The first-order valence-corrected chi connectivity index (χ1v) is 6.70. The summed E-state index contributed by atoms with van der Waals surface area (Å²) in [6, 6.07) is 2.64. The average Bonchev–Trinajstić information content (AvgIpc) is 2.53. The summed E-state index contributed by atoms with van der Waals surface area (Å²) in [4.78, 5) is 7.14. The lowest BCUT2D eigenvalue weighted by Gasteiger charge is -2.42. The van der Waals surface area contributed by atoms with Gasteiger partial charge in [0.2, 0.25) is 0 Å². The molecule has 0 radical (unpaired) electrons. The molecule has 2 fully saturated rings. The first-order chi connectivity index (χ1) is 8.16. The molecule has 0 N–H and O–H groups in total. The van der Waals surface area contributed by atoms with E-state index in [1.165, 1.54) is 0 Å². The number of likely N-dealkylation sites (N-methyl/N-ethyl adjacent to an activating group) is 1.